The topological polar surface area (TPSA) is 124 Å². The highest BCUT2D eigenvalue weighted by Crippen LogP contribution is 2.12. The van der Waals surface area contributed by atoms with E-state index in [9.17, 15) is 13.2 Å². The predicted octanol–water partition coefficient (Wildman–Crippen LogP) is -0.185. The van der Waals surface area contributed by atoms with Gasteiger partial charge in [0.2, 0.25) is 10.0 Å². The van der Waals surface area contributed by atoms with Crippen LogP contribution in [0.5, 0.6) is 0 Å². The maximum atomic E-state index is 11.8. The Hall–Kier alpha value is -2.52. The lowest BCUT2D eigenvalue weighted by atomic mass is 10.2. The molecule has 0 amide bonds. The summed E-state index contributed by atoms with van der Waals surface area (Å²) in [6.45, 7) is 0.323. The zero-order valence-electron chi connectivity index (χ0n) is 10.7. The number of aromatic nitrogens is 4. The fourth-order valence-corrected chi connectivity index (χ4v) is 2.53. The molecule has 0 fully saturated rings. The van der Waals surface area contributed by atoms with Crippen LogP contribution in [0.4, 0.5) is 0 Å². The van der Waals surface area contributed by atoms with Gasteiger partial charge in [-0.05, 0) is 17.7 Å². The van der Waals surface area contributed by atoms with Crippen molar-refractivity contribution in [1.82, 2.24) is 19.7 Å². The number of H-pyrrole nitrogens is 1. The molecular weight excluding hydrogens is 294 g/mol. The normalized spacial score (nSPS) is 11.9. The first-order valence-electron chi connectivity index (χ1n) is 5.96. The zero-order chi connectivity index (χ0) is 15.0. The molecule has 8 nitrogen and oxygen atoms in total. The van der Waals surface area contributed by atoms with Crippen molar-refractivity contribution in [2.45, 2.75) is 11.4 Å². The average Bonchev–Trinajstić information content (AvgIpc) is 2.83. The van der Waals surface area contributed by atoms with E-state index in [-0.39, 0.29) is 10.5 Å². The first-order chi connectivity index (χ1) is 9.95. The van der Waals surface area contributed by atoms with Gasteiger partial charge < -0.3 is 4.98 Å². The van der Waals surface area contributed by atoms with Crippen molar-refractivity contribution in [3.8, 4) is 0 Å². The molecule has 0 atom stereocenters. The summed E-state index contributed by atoms with van der Waals surface area (Å²) in [6.07, 6.45) is 2.82. The SMILES string of the molecule is NS(=O)(=O)c1ccc(Cn2ncc3nc[nH]c(=O)c32)cc1. The zero-order valence-corrected chi connectivity index (χ0v) is 11.5. The summed E-state index contributed by atoms with van der Waals surface area (Å²) in [5, 5.41) is 9.15. The van der Waals surface area contributed by atoms with Gasteiger partial charge in [0.15, 0.2) is 5.52 Å². The van der Waals surface area contributed by atoms with Crippen molar-refractivity contribution < 1.29 is 8.42 Å². The van der Waals surface area contributed by atoms with Gasteiger partial charge in [0, 0.05) is 0 Å². The third-order valence-electron chi connectivity index (χ3n) is 3.02. The molecule has 108 valence electrons. The predicted molar refractivity (Wildman–Crippen MR) is 75.1 cm³/mol. The van der Waals surface area contributed by atoms with Gasteiger partial charge in [-0.2, -0.15) is 5.10 Å². The highest BCUT2D eigenvalue weighted by atomic mass is 32.2. The van der Waals surface area contributed by atoms with E-state index in [2.05, 4.69) is 15.1 Å². The van der Waals surface area contributed by atoms with Gasteiger partial charge in [0.1, 0.15) is 5.52 Å². The monoisotopic (exact) mass is 305 g/mol. The molecule has 2 heterocycles. The Morgan fingerprint density at radius 2 is 1.95 bits per heavy atom. The minimum Gasteiger partial charge on any atom is -0.311 e. The van der Waals surface area contributed by atoms with Crippen LogP contribution in [0.15, 0.2) is 46.5 Å². The van der Waals surface area contributed by atoms with Crippen molar-refractivity contribution in [1.29, 1.82) is 0 Å². The van der Waals surface area contributed by atoms with Gasteiger partial charge in [-0.3, -0.25) is 9.48 Å². The van der Waals surface area contributed by atoms with Crippen LogP contribution >= 0.6 is 0 Å². The summed E-state index contributed by atoms with van der Waals surface area (Å²) in [5.74, 6) is 0. The second-order valence-corrected chi connectivity index (χ2v) is 6.02. The molecule has 3 N–H and O–H groups in total. The molecule has 9 heteroatoms. The van der Waals surface area contributed by atoms with Crippen LogP contribution in [-0.2, 0) is 16.6 Å². The van der Waals surface area contributed by atoms with Crippen LogP contribution in [0.25, 0.3) is 11.0 Å². The van der Waals surface area contributed by atoms with E-state index in [1.807, 2.05) is 0 Å². The number of nitrogens with one attached hydrogen (secondary N) is 1. The third-order valence-corrected chi connectivity index (χ3v) is 3.95. The minimum absolute atomic E-state index is 0.0380. The van der Waals surface area contributed by atoms with Crippen LogP contribution in [0.1, 0.15) is 5.56 Å². The number of aromatic amines is 1. The minimum atomic E-state index is -3.71. The molecule has 3 aromatic rings. The molecular formula is C12H11N5O3S. The van der Waals surface area contributed by atoms with E-state index >= 15 is 0 Å². The van der Waals surface area contributed by atoms with Gasteiger partial charge in [0.25, 0.3) is 5.56 Å². The number of hydrogen-bond donors (Lipinski definition) is 2. The van der Waals surface area contributed by atoms with Crippen molar-refractivity contribution >= 4 is 21.1 Å². The van der Waals surface area contributed by atoms with Crippen molar-refractivity contribution in [3.63, 3.8) is 0 Å². The summed E-state index contributed by atoms with van der Waals surface area (Å²) in [4.78, 5) is 18.3. The molecule has 0 aliphatic rings. The van der Waals surface area contributed by atoms with Crippen LogP contribution in [0.2, 0.25) is 0 Å². The molecule has 0 saturated heterocycles. The third kappa shape index (κ3) is 2.56. The molecule has 0 aliphatic carbocycles. The lowest BCUT2D eigenvalue weighted by Crippen LogP contribution is -2.13. The number of hydrogen-bond acceptors (Lipinski definition) is 5. The molecule has 0 spiro atoms. The van der Waals surface area contributed by atoms with Gasteiger partial charge >= 0.3 is 0 Å². The summed E-state index contributed by atoms with van der Waals surface area (Å²) < 4.78 is 23.9. The van der Waals surface area contributed by atoms with Crippen LogP contribution in [-0.4, -0.2) is 28.2 Å². The average molecular weight is 305 g/mol. The summed E-state index contributed by atoms with van der Waals surface area (Å²) >= 11 is 0. The fourth-order valence-electron chi connectivity index (χ4n) is 2.01. The van der Waals surface area contributed by atoms with Gasteiger partial charge in [-0.15, -0.1) is 0 Å². The van der Waals surface area contributed by atoms with E-state index in [1.54, 1.807) is 12.1 Å². The first kappa shape index (κ1) is 13.5. The maximum Gasteiger partial charge on any atom is 0.276 e. The standard InChI is InChI=1S/C12H11N5O3S/c13-21(19,20)9-3-1-8(2-4-9)6-17-11-10(5-16-17)14-7-15-12(11)18/h1-5,7H,6H2,(H2,13,19,20)(H,14,15,18). The van der Waals surface area contributed by atoms with E-state index in [1.165, 1.54) is 29.3 Å². The first-order valence-corrected chi connectivity index (χ1v) is 7.51. The Kier molecular flexibility index (Phi) is 3.07. The number of nitrogens with zero attached hydrogens (tertiary/aromatic N) is 3. The Labute approximate surface area is 119 Å². The number of rotatable bonds is 3. The Balaban J connectivity index is 1.98. The van der Waals surface area contributed by atoms with Crippen LogP contribution in [0, 0.1) is 0 Å². The summed E-state index contributed by atoms with van der Waals surface area (Å²) in [7, 11) is -3.71. The highest BCUT2D eigenvalue weighted by Gasteiger charge is 2.10. The van der Waals surface area contributed by atoms with Gasteiger partial charge in [-0.25, -0.2) is 18.5 Å². The van der Waals surface area contributed by atoms with Crippen molar-refractivity contribution in [2.24, 2.45) is 5.14 Å². The maximum absolute atomic E-state index is 11.8. The molecule has 21 heavy (non-hydrogen) atoms. The number of benzene rings is 1. The van der Waals surface area contributed by atoms with Crippen LogP contribution < -0.4 is 10.7 Å². The Bertz CT molecular complexity index is 956. The van der Waals surface area contributed by atoms with E-state index in [0.717, 1.165) is 5.56 Å². The summed E-state index contributed by atoms with van der Waals surface area (Å²) in [5.41, 5.74) is 1.38. The second-order valence-electron chi connectivity index (χ2n) is 4.46. The number of primary sulfonamides is 1. The van der Waals surface area contributed by atoms with Crippen molar-refractivity contribution in [2.75, 3.05) is 0 Å². The molecule has 0 saturated carbocycles. The highest BCUT2D eigenvalue weighted by molar-refractivity contribution is 7.89. The smallest absolute Gasteiger partial charge is 0.276 e. The van der Waals surface area contributed by atoms with E-state index < -0.39 is 10.0 Å². The largest absolute Gasteiger partial charge is 0.311 e. The van der Waals surface area contributed by atoms with Gasteiger partial charge in [-0.1, -0.05) is 12.1 Å². The number of sulfonamides is 1. The number of fused-ring (bicyclic) bond motifs is 1. The summed E-state index contributed by atoms with van der Waals surface area (Å²) in [6, 6.07) is 6.08. The van der Waals surface area contributed by atoms with Crippen molar-refractivity contribution in [3.05, 3.63) is 52.7 Å². The lowest BCUT2D eigenvalue weighted by Gasteiger charge is -2.04. The molecule has 1 aromatic carbocycles. The van der Waals surface area contributed by atoms with Crippen LogP contribution in [0.3, 0.4) is 0 Å². The molecule has 0 unspecified atom stereocenters. The Morgan fingerprint density at radius 3 is 2.62 bits per heavy atom. The quantitative estimate of drug-likeness (QED) is 0.694. The van der Waals surface area contributed by atoms with Gasteiger partial charge in [0.05, 0.1) is 24.0 Å². The van der Waals surface area contributed by atoms with E-state index in [4.69, 9.17) is 5.14 Å². The fraction of sp³-hybridized carbons (Fsp3) is 0.0833. The number of nitrogens with two attached hydrogens (primary N) is 1. The molecule has 0 radical (unpaired) electrons. The van der Waals surface area contributed by atoms with E-state index in [0.29, 0.717) is 17.6 Å². The molecule has 0 bridgehead atoms. The lowest BCUT2D eigenvalue weighted by molar-refractivity contribution is 0.597. The second kappa shape index (κ2) is 4.79. The Morgan fingerprint density at radius 1 is 1.24 bits per heavy atom. The molecule has 2 aromatic heterocycles. The molecule has 0 aliphatic heterocycles. The molecule has 3 rings (SSSR count).